The molecule has 94 heavy (non-hydrogen) atoms. The van der Waals surface area contributed by atoms with E-state index in [2.05, 4.69) is 0 Å². The average molecular weight is 1330 g/mol. The second-order valence-corrected chi connectivity index (χ2v) is 21.7. The van der Waals surface area contributed by atoms with Crippen LogP contribution in [0.1, 0.15) is 17.5 Å². The number of rotatable bonds is 22. The molecule has 0 spiro atoms. The van der Waals surface area contributed by atoms with E-state index in [1.54, 1.807) is 12.1 Å². The van der Waals surface area contributed by atoms with E-state index in [1.165, 1.54) is 48.6 Å². The Morgan fingerprint density at radius 2 is 0.872 bits per heavy atom. The molecule has 0 unspecified atom stereocenters. The SMILES string of the molecule is O=C(O)CC(=O)OC[C@H]1O[C@@H](Oc2cc3c(O)cc(O)cc3[o+]c2-c2cc(O[C@@H]3O[C@H](CO)[C@@H](O)[C@H](O)[C@H]3O)c(O)c(O[C@@H]3O[C@H](COC(=O)/C=C/c4ccc(O[C@@H]5O[C@H](COC(=O)C=Cc6ccc(O)cc6)[C@@H](O)[C@H](O)[C@H]5O)cc4)[C@@H](O)[C@H](O)[C@H]3O)c2)[C@H](O)[C@@H](O)[C@@H]1O. The first-order valence-electron chi connectivity index (χ1n) is 28.4. The number of carboxylic acid groups (broad SMARTS) is 1. The quantitative estimate of drug-likeness (QED) is 0.0105. The maximum absolute atomic E-state index is 13.1. The van der Waals surface area contributed by atoms with Gasteiger partial charge in [0.25, 0.3) is 0 Å². The highest BCUT2D eigenvalue weighted by molar-refractivity contribution is 5.91. The highest BCUT2D eigenvalue weighted by atomic mass is 16.7. The summed E-state index contributed by atoms with van der Waals surface area (Å²) in [5.74, 6) is -9.75. The normalized spacial score (nSPS) is 31.2. The molecule has 5 heterocycles. The van der Waals surface area contributed by atoms with Crippen molar-refractivity contribution in [2.75, 3.05) is 26.4 Å². The lowest BCUT2D eigenvalue weighted by atomic mass is 9.99. The molecule has 4 aliphatic heterocycles. The molecular weight excluding hydrogens is 1260 g/mol. The summed E-state index contributed by atoms with van der Waals surface area (Å²) < 4.78 is 67.4. The Bertz CT molecular complexity index is 3530. The van der Waals surface area contributed by atoms with E-state index in [0.29, 0.717) is 11.1 Å². The van der Waals surface area contributed by atoms with Crippen molar-refractivity contribution in [3.05, 3.63) is 102 Å². The Labute approximate surface area is 528 Å². The van der Waals surface area contributed by atoms with Gasteiger partial charge in [0, 0.05) is 36.4 Å². The van der Waals surface area contributed by atoms with Gasteiger partial charge in [-0.1, -0.05) is 24.3 Å². The van der Waals surface area contributed by atoms with Crippen molar-refractivity contribution in [3.63, 3.8) is 0 Å². The standard InChI is InChI=1S/C60H64O34/c61-19-35-44(71)48(75)53(80)58(91-35)88-32-13-25(56-34(17-29-30(64)15-27(63)16-31(29)87-56)90-60-55(82)51(78)47(74)38(94-60)22-85-42(69)18-39(65)66)14-33(43(32)70)89-59-54(81)50(77)46(73)37(93-59)21-84-41(68)12-6-24-3-9-28(10-4-24)86-57-52(79)49(76)45(72)36(92-57)20-83-40(67)11-5-23-1-7-26(62)8-2-23/h1-17,35-38,44-55,57-61,71-82H,18-22H2,(H4-,62,63,64,65,66,67,70)/p+1/b12-6+/t35-,36-,37-,38-,44-,45-,46-,47-,48+,49+,50+,51+,52-,53-,54-,55-,57-,58-,59-,60-/m1/s1. The molecule has 5 aromatic rings. The molecule has 0 bridgehead atoms. The minimum Gasteiger partial charge on any atom is -0.508 e. The zero-order valence-corrected chi connectivity index (χ0v) is 48.5. The number of esters is 3. The van der Waals surface area contributed by atoms with E-state index < -0.39 is 225 Å². The number of carbonyl (C=O) groups is 4. The number of aromatic hydroxyl groups is 4. The van der Waals surface area contributed by atoms with Crippen molar-refractivity contribution in [1.82, 2.24) is 0 Å². The molecule has 4 fully saturated rings. The topological polar surface area (TPSA) is 545 Å². The number of hydrogen-bond acceptors (Lipinski definition) is 32. The maximum atomic E-state index is 13.1. The van der Waals surface area contributed by atoms with Crippen LogP contribution in [0.3, 0.4) is 0 Å². The van der Waals surface area contributed by atoms with Crippen LogP contribution in [0.2, 0.25) is 0 Å². The fourth-order valence-corrected chi connectivity index (χ4v) is 9.84. The molecule has 1 aromatic heterocycles. The number of aliphatic hydroxyl groups is 13. The lowest BCUT2D eigenvalue weighted by molar-refractivity contribution is -0.279. The maximum Gasteiger partial charge on any atom is 0.402 e. The van der Waals surface area contributed by atoms with Gasteiger partial charge < -0.3 is 144 Å². The average Bonchev–Trinajstić information content (AvgIpc) is 0.766. The van der Waals surface area contributed by atoms with Crippen LogP contribution < -0.4 is 18.9 Å². The first-order valence-corrected chi connectivity index (χ1v) is 28.4. The van der Waals surface area contributed by atoms with Gasteiger partial charge in [-0.05, 0) is 47.5 Å². The number of carbonyl (C=O) groups excluding carboxylic acids is 3. The Kier molecular flexibility index (Phi) is 22.4. The van der Waals surface area contributed by atoms with E-state index >= 15 is 0 Å². The van der Waals surface area contributed by atoms with Gasteiger partial charge >= 0.3 is 35.2 Å². The van der Waals surface area contributed by atoms with Crippen molar-refractivity contribution in [1.29, 1.82) is 0 Å². The van der Waals surface area contributed by atoms with E-state index in [1.807, 2.05) is 0 Å². The van der Waals surface area contributed by atoms with Crippen LogP contribution in [0.5, 0.6) is 46.0 Å². The lowest BCUT2D eigenvalue weighted by Gasteiger charge is -2.40. The lowest BCUT2D eigenvalue weighted by Crippen LogP contribution is -2.60. The van der Waals surface area contributed by atoms with Gasteiger partial charge in [-0.3, -0.25) is 9.59 Å². The monoisotopic (exact) mass is 1330 g/mol. The van der Waals surface area contributed by atoms with Crippen molar-refractivity contribution in [3.8, 4) is 57.3 Å². The molecule has 18 N–H and O–H groups in total. The summed E-state index contributed by atoms with van der Waals surface area (Å²) >= 11 is 0. The Morgan fingerprint density at radius 1 is 0.457 bits per heavy atom. The van der Waals surface area contributed by atoms with Crippen molar-refractivity contribution in [2.24, 2.45) is 0 Å². The summed E-state index contributed by atoms with van der Waals surface area (Å²) in [5, 5.41) is 191. The van der Waals surface area contributed by atoms with E-state index in [-0.39, 0.29) is 22.5 Å². The number of ether oxygens (including phenoxy) is 11. The second kappa shape index (κ2) is 30.2. The van der Waals surface area contributed by atoms with Gasteiger partial charge in [-0.25, -0.2) is 14.0 Å². The summed E-state index contributed by atoms with van der Waals surface area (Å²) in [6, 6.07) is 16.3. The number of phenols is 4. The third-order valence-corrected chi connectivity index (χ3v) is 15.0. The predicted octanol–water partition coefficient (Wildman–Crippen LogP) is -3.53. The van der Waals surface area contributed by atoms with Gasteiger partial charge in [-0.2, -0.15) is 0 Å². The number of aliphatic carboxylic acids is 1. The first kappa shape index (κ1) is 69.7. The summed E-state index contributed by atoms with van der Waals surface area (Å²) in [6.07, 6.45) is -34.7. The third-order valence-electron chi connectivity index (χ3n) is 15.0. The van der Waals surface area contributed by atoms with Crippen molar-refractivity contribution in [2.45, 2.75) is 129 Å². The molecule has 4 aromatic carbocycles. The van der Waals surface area contributed by atoms with E-state index in [9.17, 15) is 106 Å². The molecule has 508 valence electrons. The van der Waals surface area contributed by atoms with Crippen LogP contribution in [-0.4, -0.2) is 265 Å². The number of carboxylic acids is 1. The summed E-state index contributed by atoms with van der Waals surface area (Å²) in [4.78, 5) is 48.6. The fourth-order valence-electron chi connectivity index (χ4n) is 9.84. The van der Waals surface area contributed by atoms with Crippen LogP contribution in [0.15, 0.2) is 95.4 Å². The Morgan fingerprint density at radius 3 is 1.33 bits per heavy atom. The molecule has 0 aliphatic carbocycles. The largest absolute Gasteiger partial charge is 0.508 e. The highest BCUT2D eigenvalue weighted by Crippen LogP contribution is 2.47. The van der Waals surface area contributed by atoms with Gasteiger partial charge in [0.05, 0.1) is 18.2 Å². The predicted molar refractivity (Wildman–Crippen MR) is 305 cm³/mol. The second-order valence-electron chi connectivity index (χ2n) is 21.7. The van der Waals surface area contributed by atoms with Crippen LogP contribution in [0.4, 0.5) is 0 Å². The zero-order chi connectivity index (χ0) is 68.0. The summed E-state index contributed by atoms with van der Waals surface area (Å²) in [7, 11) is 0. The van der Waals surface area contributed by atoms with Crippen molar-refractivity contribution >= 4 is 47.0 Å². The van der Waals surface area contributed by atoms with Gasteiger partial charge in [0.15, 0.2) is 11.5 Å². The van der Waals surface area contributed by atoms with Crippen LogP contribution >= 0.6 is 0 Å². The molecule has 20 atom stereocenters. The molecule has 0 amide bonds. The molecule has 0 radical (unpaired) electrons. The molecular formula is C60H65O34+. The number of aliphatic hydroxyl groups excluding tert-OH is 13. The highest BCUT2D eigenvalue weighted by Gasteiger charge is 2.50. The summed E-state index contributed by atoms with van der Waals surface area (Å²) in [6.45, 7) is -3.26. The fraction of sp³-hybridized carbons (Fsp3) is 0.417. The minimum atomic E-state index is -2.22. The zero-order valence-electron chi connectivity index (χ0n) is 48.5. The molecule has 4 saturated heterocycles. The van der Waals surface area contributed by atoms with Gasteiger partial charge in [0.1, 0.15) is 152 Å². The van der Waals surface area contributed by atoms with Crippen LogP contribution in [0, 0.1) is 0 Å². The third kappa shape index (κ3) is 16.3. The number of phenolic OH excluding ortho intramolecular Hbond substituents is 4. The smallest absolute Gasteiger partial charge is 0.402 e. The van der Waals surface area contributed by atoms with Crippen LogP contribution in [-0.2, 0) is 52.3 Å². The first-order chi connectivity index (χ1) is 44.7. The molecule has 34 heteroatoms. The van der Waals surface area contributed by atoms with Gasteiger partial charge in [0.2, 0.25) is 36.7 Å². The van der Waals surface area contributed by atoms with E-state index in [4.69, 9.17) is 61.6 Å². The Balaban J connectivity index is 0.919. The number of fused-ring (bicyclic) bond motifs is 1. The Hall–Kier alpha value is -8.63. The molecule has 9 rings (SSSR count). The van der Waals surface area contributed by atoms with Gasteiger partial charge in [-0.15, -0.1) is 0 Å². The number of hydrogen-bond donors (Lipinski definition) is 18. The van der Waals surface area contributed by atoms with Crippen molar-refractivity contribution < 1.29 is 168 Å². The van der Waals surface area contributed by atoms with E-state index in [0.717, 1.165) is 42.5 Å². The molecule has 34 nitrogen and oxygen atoms in total. The molecule has 4 aliphatic rings. The summed E-state index contributed by atoms with van der Waals surface area (Å²) in [5.41, 5.74) is 0.181. The number of benzene rings is 4. The van der Waals surface area contributed by atoms with Crippen LogP contribution in [0.25, 0.3) is 34.4 Å². The molecule has 0 saturated carbocycles. The minimum absolute atomic E-state index is 0.0180.